The van der Waals surface area contributed by atoms with Gasteiger partial charge in [-0.15, -0.1) is 0 Å². The monoisotopic (exact) mass is 186 g/mol. The van der Waals surface area contributed by atoms with Crippen molar-refractivity contribution in [3.63, 3.8) is 0 Å². The molecule has 0 aliphatic rings. The van der Waals surface area contributed by atoms with Crippen LogP contribution < -0.4 is 0 Å². The van der Waals surface area contributed by atoms with Crippen LogP contribution in [0.1, 0.15) is 20.3 Å². The van der Waals surface area contributed by atoms with Gasteiger partial charge in [-0.1, -0.05) is 6.58 Å². The number of carbonyl (C=O) groups excluding carboxylic acids is 1. The van der Waals surface area contributed by atoms with Crippen molar-refractivity contribution >= 4 is 5.97 Å². The van der Waals surface area contributed by atoms with Crippen LogP contribution in [0.2, 0.25) is 0 Å². The minimum Gasteiger partial charge on any atom is -0.481 e. The lowest BCUT2D eigenvalue weighted by atomic mass is 10.1. The maximum atomic E-state index is 10.9. The number of aliphatic hydroxyl groups is 2. The number of rotatable bonds is 4. The van der Waals surface area contributed by atoms with Crippen molar-refractivity contribution in [2.75, 3.05) is 6.61 Å². The zero-order valence-electron chi connectivity index (χ0n) is 7.83. The Morgan fingerprint density at radius 3 is 2.38 bits per heavy atom. The Morgan fingerprint density at radius 2 is 2.00 bits per heavy atom. The second-order valence-corrected chi connectivity index (χ2v) is 2.53. The van der Waals surface area contributed by atoms with Crippen molar-refractivity contribution < 1.29 is 19.7 Å². The molecule has 4 nitrogen and oxygen atoms in total. The van der Waals surface area contributed by atoms with E-state index in [0.717, 1.165) is 0 Å². The van der Waals surface area contributed by atoms with Gasteiger partial charge in [0.2, 0.25) is 0 Å². The van der Waals surface area contributed by atoms with Crippen molar-refractivity contribution in [1.29, 1.82) is 0 Å². The summed E-state index contributed by atoms with van der Waals surface area (Å²) in [7, 11) is 0. The first-order valence-corrected chi connectivity index (χ1v) is 3.91. The van der Waals surface area contributed by atoms with Crippen molar-refractivity contribution in [1.82, 2.24) is 0 Å². The first-order valence-electron chi connectivity index (χ1n) is 3.91. The minimum absolute atomic E-state index is 0.0235. The molecule has 0 heterocycles. The molecule has 0 amide bonds. The third-order valence-corrected chi connectivity index (χ3v) is 1.53. The normalized spacial score (nSPS) is 9.08. The Kier molecular flexibility index (Phi) is 4.66. The minimum atomic E-state index is -0.811. The van der Waals surface area contributed by atoms with Gasteiger partial charge in [0.25, 0.3) is 5.95 Å². The number of allylic oxidation sites excluding steroid dienone is 1. The lowest BCUT2D eigenvalue weighted by Gasteiger charge is -2.05. The number of esters is 1. The number of hydrogen-bond acceptors (Lipinski definition) is 4. The second kappa shape index (κ2) is 5.24. The zero-order valence-corrected chi connectivity index (χ0v) is 7.83. The first kappa shape index (κ1) is 11.6. The van der Waals surface area contributed by atoms with E-state index in [1.165, 1.54) is 6.92 Å². The van der Waals surface area contributed by atoms with Gasteiger partial charge < -0.3 is 14.9 Å². The van der Waals surface area contributed by atoms with Gasteiger partial charge in [-0.2, -0.15) is 0 Å². The molecule has 4 heteroatoms. The molecular weight excluding hydrogens is 172 g/mol. The molecule has 0 spiro atoms. The van der Waals surface area contributed by atoms with Gasteiger partial charge >= 0.3 is 5.97 Å². The van der Waals surface area contributed by atoms with Crippen molar-refractivity contribution in [2.24, 2.45) is 0 Å². The van der Waals surface area contributed by atoms with Crippen LogP contribution >= 0.6 is 0 Å². The van der Waals surface area contributed by atoms with Crippen LogP contribution in [-0.4, -0.2) is 22.8 Å². The average Bonchev–Trinajstić information content (AvgIpc) is 2.03. The highest BCUT2D eigenvalue weighted by Gasteiger charge is 2.09. The van der Waals surface area contributed by atoms with Crippen LogP contribution in [-0.2, 0) is 9.53 Å². The second-order valence-electron chi connectivity index (χ2n) is 2.53. The Bertz CT molecular complexity index is 236. The maximum Gasteiger partial charge on any atom is 0.310 e. The first-order chi connectivity index (χ1) is 5.99. The van der Waals surface area contributed by atoms with E-state index in [9.17, 15) is 4.79 Å². The molecule has 0 saturated heterocycles. The standard InChI is InChI=1S/C9H14O4/c1-4-13-8(10)5-6(2)7(3)9(11)12/h11-12H,2,4-5H2,1,3H3. The summed E-state index contributed by atoms with van der Waals surface area (Å²) in [6.45, 7) is 7.00. The van der Waals surface area contributed by atoms with Gasteiger partial charge in [0, 0.05) is 5.57 Å². The maximum absolute atomic E-state index is 10.9. The van der Waals surface area contributed by atoms with Gasteiger partial charge in [0.1, 0.15) is 0 Å². The summed E-state index contributed by atoms with van der Waals surface area (Å²) in [5, 5.41) is 17.3. The van der Waals surface area contributed by atoms with Crippen molar-refractivity contribution in [3.05, 3.63) is 23.7 Å². The fourth-order valence-corrected chi connectivity index (χ4v) is 0.677. The molecule has 2 N–H and O–H groups in total. The molecular formula is C9H14O4. The van der Waals surface area contributed by atoms with E-state index < -0.39 is 11.9 Å². The molecule has 0 aliphatic carbocycles. The molecule has 0 unspecified atom stereocenters. The SMILES string of the molecule is C=C(CC(=O)OCC)C(C)=C(O)O. The largest absolute Gasteiger partial charge is 0.481 e. The smallest absolute Gasteiger partial charge is 0.310 e. The fourth-order valence-electron chi connectivity index (χ4n) is 0.677. The van der Waals surface area contributed by atoms with E-state index in [4.69, 9.17) is 10.2 Å². The van der Waals surface area contributed by atoms with E-state index in [0.29, 0.717) is 12.2 Å². The number of carbonyl (C=O) groups is 1. The van der Waals surface area contributed by atoms with Crippen LogP contribution in [0.15, 0.2) is 23.7 Å². The Morgan fingerprint density at radius 1 is 1.46 bits per heavy atom. The molecule has 0 radical (unpaired) electrons. The van der Waals surface area contributed by atoms with E-state index in [1.54, 1.807) is 6.92 Å². The molecule has 0 fully saturated rings. The van der Waals surface area contributed by atoms with E-state index in [1.807, 2.05) is 0 Å². The molecule has 0 bridgehead atoms. The summed E-state index contributed by atoms with van der Waals surface area (Å²) in [5.41, 5.74) is 0.548. The predicted octanol–water partition coefficient (Wildman–Crippen LogP) is 1.84. The highest BCUT2D eigenvalue weighted by atomic mass is 16.5. The molecule has 0 aliphatic heterocycles. The average molecular weight is 186 g/mol. The Balaban J connectivity index is 4.17. The van der Waals surface area contributed by atoms with E-state index in [-0.39, 0.29) is 12.0 Å². The fraction of sp³-hybridized carbons (Fsp3) is 0.444. The lowest BCUT2D eigenvalue weighted by Crippen LogP contribution is -2.05. The van der Waals surface area contributed by atoms with Crippen molar-refractivity contribution in [3.8, 4) is 0 Å². The van der Waals surface area contributed by atoms with Gasteiger partial charge in [-0.25, -0.2) is 0 Å². The molecule has 0 aromatic rings. The van der Waals surface area contributed by atoms with Crippen LogP contribution in [0.4, 0.5) is 0 Å². The zero-order chi connectivity index (χ0) is 10.4. The van der Waals surface area contributed by atoms with Crippen LogP contribution in [0.3, 0.4) is 0 Å². The Labute approximate surface area is 77.1 Å². The van der Waals surface area contributed by atoms with Crippen LogP contribution in [0, 0.1) is 0 Å². The third kappa shape index (κ3) is 4.20. The number of hydrogen-bond donors (Lipinski definition) is 2. The topological polar surface area (TPSA) is 66.8 Å². The molecule has 0 saturated carbocycles. The van der Waals surface area contributed by atoms with Gasteiger partial charge in [0.15, 0.2) is 0 Å². The van der Waals surface area contributed by atoms with Crippen LogP contribution in [0.5, 0.6) is 0 Å². The highest BCUT2D eigenvalue weighted by Crippen LogP contribution is 2.13. The summed E-state index contributed by atoms with van der Waals surface area (Å²) in [4.78, 5) is 10.9. The summed E-state index contributed by atoms with van der Waals surface area (Å²) in [6, 6.07) is 0. The predicted molar refractivity (Wildman–Crippen MR) is 48.3 cm³/mol. The number of ether oxygens (including phenoxy) is 1. The molecule has 74 valence electrons. The quantitative estimate of drug-likeness (QED) is 0.399. The van der Waals surface area contributed by atoms with E-state index in [2.05, 4.69) is 11.3 Å². The van der Waals surface area contributed by atoms with Gasteiger partial charge in [-0.3, -0.25) is 4.79 Å². The van der Waals surface area contributed by atoms with Gasteiger partial charge in [-0.05, 0) is 19.4 Å². The third-order valence-electron chi connectivity index (χ3n) is 1.53. The molecule has 0 aromatic heterocycles. The summed E-state index contributed by atoms with van der Waals surface area (Å²) >= 11 is 0. The molecule has 0 atom stereocenters. The molecule has 13 heavy (non-hydrogen) atoms. The summed E-state index contributed by atoms with van der Waals surface area (Å²) in [6.07, 6.45) is -0.0235. The van der Waals surface area contributed by atoms with Crippen LogP contribution in [0.25, 0.3) is 0 Å². The highest BCUT2D eigenvalue weighted by molar-refractivity contribution is 5.73. The summed E-state index contributed by atoms with van der Waals surface area (Å²) < 4.78 is 4.66. The number of aliphatic hydroxyl groups excluding tert-OH is 1. The summed E-state index contributed by atoms with van der Waals surface area (Å²) in [5.74, 6) is -1.23. The van der Waals surface area contributed by atoms with Crippen molar-refractivity contribution in [2.45, 2.75) is 20.3 Å². The molecule has 0 rings (SSSR count). The Hall–Kier alpha value is -1.45. The van der Waals surface area contributed by atoms with E-state index >= 15 is 0 Å². The van der Waals surface area contributed by atoms with Gasteiger partial charge in [0.05, 0.1) is 13.0 Å². The lowest BCUT2D eigenvalue weighted by molar-refractivity contribution is -0.142. The molecule has 0 aromatic carbocycles.